The van der Waals surface area contributed by atoms with Gasteiger partial charge in [-0.15, -0.1) is 0 Å². The highest BCUT2D eigenvalue weighted by Gasteiger charge is 2.30. The average molecular weight is 303 g/mol. The molecule has 1 fully saturated rings. The number of rotatable bonds is 3. The van der Waals surface area contributed by atoms with E-state index in [4.69, 9.17) is 5.73 Å². The fraction of sp³-hybridized carbons (Fsp3) is 0.250. The van der Waals surface area contributed by atoms with Crippen LogP contribution in [0.15, 0.2) is 66.9 Å². The van der Waals surface area contributed by atoms with Crippen molar-refractivity contribution in [2.75, 3.05) is 13.1 Å². The van der Waals surface area contributed by atoms with Crippen LogP contribution in [0.2, 0.25) is 0 Å². The molecule has 0 bridgehead atoms. The van der Waals surface area contributed by atoms with Crippen LogP contribution >= 0.6 is 0 Å². The molecule has 0 spiro atoms. The van der Waals surface area contributed by atoms with E-state index in [9.17, 15) is 0 Å². The first-order valence-electron chi connectivity index (χ1n) is 8.16. The Morgan fingerprint density at radius 2 is 1.87 bits per heavy atom. The topological polar surface area (TPSA) is 42.1 Å². The summed E-state index contributed by atoms with van der Waals surface area (Å²) in [6, 6.07) is 21.5. The number of nitrogens with zero attached hydrogens (tertiary/aromatic N) is 2. The first-order chi connectivity index (χ1) is 11.3. The maximum atomic E-state index is 6.39. The summed E-state index contributed by atoms with van der Waals surface area (Å²) in [5.41, 5.74) is 10.1. The zero-order valence-electron chi connectivity index (χ0n) is 13.1. The van der Waals surface area contributed by atoms with Crippen molar-refractivity contribution in [1.29, 1.82) is 0 Å². The highest BCUT2D eigenvalue weighted by molar-refractivity contribution is 5.78. The van der Waals surface area contributed by atoms with Crippen LogP contribution in [0.5, 0.6) is 0 Å². The third-order valence-corrected chi connectivity index (χ3v) is 4.74. The molecular weight excluding hydrogens is 282 g/mol. The molecule has 3 heteroatoms. The van der Waals surface area contributed by atoms with Gasteiger partial charge in [-0.3, -0.25) is 9.88 Å². The summed E-state index contributed by atoms with van der Waals surface area (Å²) in [6.45, 7) is 2.92. The van der Waals surface area contributed by atoms with E-state index in [1.807, 2.05) is 12.3 Å². The second-order valence-electron chi connectivity index (χ2n) is 6.41. The molecule has 1 aliphatic rings. The van der Waals surface area contributed by atoms with Crippen molar-refractivity contribution in [3.63, 3.8) is 0 Å². The van der Waals surface area contributed by atoms with E-state index < -0.39 is 0 Å². The zero-order valence-corrected chi connectivity index (χ0v) is 13.1. The molecule has 23 heavy (non-hydrogen) atoms. The average Bonchev–Trinajstić information content (AvgIpc) is 2.96. The Labute approximate surface area is 136 Å². The van der Waals surface area contributed by atoms with Crippen LogP contribution in [0.4, 0.5) is 0 Å². The van der Waals surface area contributed by atoms with E-state index >= 15 is 0 Å². The van der Waals surface area contributed by atoms with Gasteiger partial charge < -0.3 is 5.73 Å². The second-order valence-corrected chi connectivity index (χ2v) is 6.41. The van der Waals surface area contributed by atoms with Crippen LogP contribution in [0, 0.1) is 0 Å². The van der Waals surface area contributed by atoms with E-state index in [1.165, 1.54) is 16.5 Å². The summed E-state index contributed by atoms with van der Waals surface area (Å²) < 4.78 is 0. The van der Waals surface area contributed by atoms with Crippen LogP contribution in [0.3, 0.4) is 0 Å². The summed E-state index contributed by atoms with van der Waals surface area (Å²) in [4.78, 5) is 6.84. The van der Waals surface area contributed by atoms with E-state index in [1.54, 1.807) is 0 Å². The SMILES string of the molecule is N[C@@H]1CN(Cc2ccc3ncccc3c2)C[C@H]1c1ccccc1. The van der Waals surface area contributed by atoms with Crippen LogP contribution in [-0.4, -0.2) is 29.0 Å². The van der Waals surface area contributed by atoms with Crippen molar-refractivity contribution in [3.05, 3.63) is 78.0 Å². The molecule has 0 aliphatic carbocycles. The van der Waals surface area contributed by atoms with Crippen molar-refractivity contribution in [3.8, 4) is 0 Å². The Kier molecular flexibility index (Phi) is 3.82. The third-order valence-electron chi connectivity index (χ3n) is 4.74. The minimum absolute atomic E-state index is 0.208. The molecular formula is C20H21N3. The monoisotopic (exact) mass is 303 g/mol. The fourth-order valence-electron chi connectivity index (χ4n) is 3.58. The molecule has 1 saturated heterocycles. The van der Waals surface area contributed by atoms with Gasteiger partial charge in [0.2, 0.25) is 0 Å². The fourth-order valence-corrected chi connectivity index (χ4v) is 3.58. The van der Waals surface area contributed by atoms with Gasteiger partial charge in [0.15, 0.2) is 0 Å². The molecule has 2 aromatic carbocycles. The third kappa shape index (κ3) is 2.98. The maximum Gasteiger partial charge on any atom is 0.0702 e. The van der Waals surface area contributed by atoms with Gasteiger partial charge >= 0.3 is 0 Å². The number of hydrogen-bond donors (Lipinski definition) is 1. The molecule has 1 aliphatic heterocycles. The summed E-state index contributed by atoms with van der Waals surface area (Å²) in [5, 5.41) is 1.20. The highest BCUT2D eigenvalue weighted by atomic mass is 15.2. The van der Waals surface area contributed by atoms with E-state index in [0.29, 0.717) is 5.92 Å². The molecule has 3 aromatic rings. The quantitative estimate of drug-likeness (QED) is 0.808. The number of likely N-dealkylation sites (tertiary alicyclic amines) is 1. The van der Waals surface area contributed by atoms with Crippen LogP contribution < -0.4 is 5.73 Å². The minimum atomic E-state index is 0.208. The molecule has 2 N–H and O–H groups in total. The van der Waals surface area contributed by atoms with Gasteiger partial charge in [0.05, 0.1) is 5.52 Å². The van der Waals surface area contributed by atoms with Crippen molar-refractivity contribution >= 4 is 10.9 Å². The van der Waals surface area contributed by atoms with Crippen molar-refractivity contribution in [2.45, 2.75) is 18.5 Å². The minimum Gasteiger partial charge on any atom is -0.326 e. The van der Waals surface area contributed by atoms with E-state index in [0.717, 1.165) is 25.2 Å². The molecule has 2 atom stereocenters. The Bertz CT molecular complexity index is 800. The molecule has 4 rings (SSSR count). The first kappa shape index (κ1) is 14.4. The largest absolute Gasteiger partial charge is 0.326 e. The zero-order chi connectivity index (χ0) is 15.6. The lowest BCUT2D eigenvalue weighted by atomic mass is 9.95. The lowest BCUT2D eigenvalue weighted by molar-refractivity contribution is 0.324. The second kappa shape index (κ2) is 6.11. The summed E-state index contributed by atoms with van der Waals surface area (Å²) in [5.74, 6) is 0.429. The lowest BCUT2D eigenvalue weighted by Gasteiger charge is -2.16. The standard InChI is InChI=1S/C20H21N3/c21-19-14-23(13-18(19)16-5-2-1-3-6-16)12-15-8-9-20-17(11-15)7-4-10-22-20/h1-11,18-19H,12-14,21H2/t18-,19+/m0/s1. The van der Waals surface area contributed by atoms with Gasteiger partial charge in [-0.1, -0.05) is 42.5 Å². The summed E-state index contributed by atoms with van der Waals surface area (Å²) in [7, 11) is 0. The number of pyridine rings is 1. The molecule has 2 heterocycles. The number of fused-ring (bicyclic) bond motifs is 1. The molecule has 0 unspecified atom stereocenters. The molecule has 0 saturated carbocycles. The molecule has 3 nitrogen and oxygen atoms in total. The molecule has 1 aromatic heterocycles. The van der Waals surface area contributed by atoms with Gasteiger partial charge in [-0.05, 0) is 29.3 Å². The van der Waals surface area contributed by atoms with Crippen molar-refractivity contribution in [1.82, 2.24) is 9.88 Å². The van der Waals surface area contributed by atoms with Gasteiger partial charge in [-0.25, -0.2) is 0 Å². The number of aromatic nitrogens is 1. The predicted molar refractivity (Wildman–Crippen MR) is 94.2 cm³/mol. The van der Waals surface area contributed by atoms with Gasteiger partial charge in [0.25, 0.3) is 0 Å². The number of hydrogen-bond acceptors (Lipinski definition) is 3. The number of nitrogens with two attached hydrogens (primary N) is 1. The van der Waals surface area contributed by atoms with E-state index in [2.05, 4.69) is 64.5 Å². The highest BCUT2D eigenvalue weighted by Crippen LogP contribution is 2.27. The van der Waals surface area contributed by atoms with Crippen LogP contribution in [0.1, 0.15) is 17.0 Å². The summed E-state index contributed by atoms with van der Waals surface area (Å²) in [6.07, 6.45) is 1.84. The van der Waals surface area contributed by atoms with Gasteiger partial charge in [0, 0.05) is 43.2 Å². The van der Waals surface area contributed by atoms with Crippen LogP contribution in [-0.2, 0) is 6.54 Å². The summed E-state index contributed by atoms with van der Waals surface area (Å²) >= 11 is 0. The molecule has 116 valence electrons. The Hall–Kier alpha value is -2.23. The Morgan fingerprint density at radius 3 is 2.74 bits per heavy atom. The Balaban J connectivity index is 1.51. The van der Waals surface area contributed by atoms with Crippen LogP contribution in [0.25, 0.3) is 10.9 Å². The van der Waals surface area contributed by atoms with Gasteiger partial charge in [-0.2, -0.15) is 0 Å². The normalized spacial score (nSPS) is 21.8. The van der Waals surface area contributed by atoms with Crippen molar-refractivity contribution in [2.24, 2.45) is 5.73 Å². The smallest absolute Gasteiger partial charge is 0.0702 e. The molecule has 0 radical (unpaired) electrons. The van der Waals surface area contributed by atoms with Crippen molar-refractivity contribution < 1.29 is 0 Å². The molecule has 0 amide bonds. The van der Waals surface area contributed by atoms with Gasteiger partial charge in [0.1, 0.15) is 0 Å². The first-order valence-corrected chi connectivity index (χ1v) is 8.16. The lowest BCUT2D eigenvalue weighted by Crippen LogP contribution is -2.28. The predicted octanol–water partition coefficient (Wildman–Crippen LogP) is 3.16. The van der Waals surface area contributed by atoms with E-state index in [-0.39, 0.29) is 6.04 Å². The number of benzene rings is 2. The Morgan fingerprint density at radius 1 is 1.00 bits per heavy atom. The maximum absolute atomic E-state index is 6.39.